The molecule has 0 heterocycles. The van der Waals surface area contributed by atoms with E-state index >= 15 is 0 Å². The van der Waals surface area contributed by atoms with Gasteiger partial charge < -0.3 is 10.0 Å². The zero-order chi connectivity index (χ0) is 17.1. The van der Waals surface area contributed by atoms with Gasteiger partial charge in [-0.3, -0.25) is 0 Å². The summed E-state index contributed by atoms with van der Waals surface area (Å²) in [6.45, 7) is 12.3. The molecular weight excluding hydrogens is 282 g/mol. The van der Waals surface area contributed by atoms with Crippen molar-refractivity contribution in [3.63, 3.8) is 0 Å². The fraction of sp³-hybridized carbons (Fsp3) is 0.714. The van der Waals surface area contributed by atoms with Gasteiger partial charge in [-0.1, -0.05) is 64.8 Å². The van der Waals surface area contributed by atoms with Gasteiger partial charge in [-0.15, -0.1) is 0 Å². The van der Waals surface area contributed by atoms with Gasteiger partial charge >= 0.3 is 0 Å². The van der Waals surface area contributed by atoms with Gasteiger partial charge in [0.15, 0.2) is 0 Å². The molecule has 0 bridgehead atoms. The number of rotatable bonds is 12. The fourth-order valence-corrected chi connectivity index (χ4v) is 2.85. The van der Waals surface area contributed by atoms with E-state index in [1.807, 2.05) is 0 Å². The topological polar surface area (TPSA) is 23.5 Å². The number of hydrogen-bond donors (Lipinski definition) is 1. The SMILES string of the molecule is CCCCN(CCCC)CCC(O)c1ccc(C(C)CC)cc1. The first kappa shape index (κ1) is 20.2. The van der Waals surface area contributed by atoms with Crippen molar-refractivity contribution in [1.82, 2.24) is 4.90 Å². The maximum absolute atomic E-state index is 10.5. The molecule has 0 aliphatic carbocycles. The van der Waals surface area contributed by atoms with Gasteiger partial charge in [0.05, 0.1) is 6.10 Å². The van der Waals surface area contributed by atoms with Gasteiger partial charge in [0.25, 0.3) is 0 Å². The van der Waals surface area contributed by atoms with Crippen LogP contribution in [0.3, 0.4) is 0 Å². The van der Waals surface area contributed by atoms with Crippen molar-refractivity contribution >= 4 is 0 Å². The average molecular weight is 320 g/mol. The fourth-order valence-electron chi connectivity index (χ4n) is 2.85. The highest BCUT2D eigenvalue weighted by atomic mass is 16.3. The highest BCUT2D eigenvalue weighted by Gasteiger charge is 2.11. The molecule has 2 nitrogen and oxygen atoms in total. The molecule has 23 heavy (non-hydrogen) atoms. The number of aliphatic hydroxyl groups is 1. The molecule has 0 aliphatic heterocycles. The Bertz CT molecular complexity index is 393. The highest BCUT2D eigenvalue weighted by Crippen LogP contribution is 2.23. The van der Waals surface area contributed by atoms with Gasteiger partial charge in [-0.05, 0) is 55.8 Å². The minimum Gasteiger partial charge on any atom is -0.388 e. The Balaban J connectivity index is 2.50. The molecule has 132 valence electrons. The van der Waals surface area contributed by atoms with E-state index in [0.29, 0.717) is 5.92 Å². The summed E-state index contributed by atoms with van der Waals surface area (Å²) in [5.74, 6) is 0.597. The lowest BCUT2D eigenvalue weighted by Crippen LogP contribution is -2.28. The molecule has 1 N–H and O–H groups in total. The molecule has 0 saturated heterocycles. The van der Waals surface area contributed by atoms with E-state index in [2.05, 4.69) is 56.9 Å². The molecular formula is C21H37NO. The van der Waals surface area contributed by atoms with Gasteiger partial charge in [0.2, 0.25) is 0 Å². The van der Waals surface area contributed by atoms with Crippen LogP contribution in [-0.2, 0) is 0 Å². The van der Waals surface area contributed by atoms with Crippen molar-refractivity contribution in [2.45, 2.75) is 78.2 Å². The first-order chi connectivity index (χ1) is 11.1. The maximum Gasteiger partial charge on any atom is 0.0802 e. The van der Waals surface area contributed by atoms with Crippen LogP contribution >= 0.6 is 0 Å². The molecule has 0 aliphatic rings. The van der Waals surface area contributed by atoms with E-state index in [1.54, 1.807) is 0 Å². The minimum absolute atomic E-state index is 0.341. The second kappa shape index (κ2) is 11.6. The zero-order valence-corrected chi connectivity index (χ0v) is 15.7. The number of aliphatic hydroxyl groups excluding tert-OH is 1. The lowest BCUT2D eigenvalue weighted by Gasteiger charge is -2.23. The number of hydrogen-bond acceptors (Lipinski definition) is 2. The summed E-state index contributed by atoms with van der Waals surface area (Å²) in [5.41, 5.74) is 2.43. The second-order valence-electron chi connectivity index (χ2n) is 6.83. The lowest BCUT2D eigenvalue weighted by molar-refractivity contribution is 0.140. The molecule has 1 rings (SSSR count). The van der Waals surface area contributed by atoms with Crippen molar-refractivity contribution in [3.8, 4) is 0 Å². The van der Waals surface area contributed by atoms with E-state index in [4.69, 9.17) is 0 Å². The average Bonchev–Trinajstić information content (AvgIpc) is 2.60. The van der Waals surface area contributed by atoms with Crippen LogP contribution in [0.5, 0.6) is 0 Å². The Morgan fingerprint density at radius 3 is 1.87 bits per heavy atom. The first-order valence-electron chi connectivity index (χ1n) is 9.62. The molecule has 0 fully saturated rings. The summed E-state index contributed by atoms with van der Waals surface area (Å²) in [4.78, 5) is 2.52. The molecule has 2 heteroatoms. The molecule has 0 radical (unpaired) electrons. The molecule has 1 aromatic rings. The van der Waals surface area contributed by atoms with Crippen LogP contribution in [0.25, 0.3) is 0 Å². The molecule has 0 saturated carbocycles. The van der Waals surface area contributed by atoms with Gasteiger partial charge in [-0.2, -0.15) is 0 Å². The van der Waals surface area contributed by atoms with Crippen LogP contribution in [0.15, 0.2) is 24.3 Å². The van der Waals surface area contributed by atoms with Crippen LogP contribution in [0.2, 0.25) is 0 Å². The third-order valence-corrected chi connectivity index (χ3v) is 4.88. The van der Waals surface area contributed by atoms with Crippen LogP contribution in [0, 0.1) is 0 Å². The van der Waals surface area contributed by atoms with Gasteiger partial charge in [0.1, 0.15) is 0 Å². The Morgan fingerprint density at radius 1 is 0.870 bits per heavy atom. The van der Waals surface area contributed by atoms with Crippen molar-refractivity contribution in [1.29, 1.82) is 0 Å². The first-order valence-corrected chi connectivity index (χ1v) is 9.62. The van der Waals surface area contributed by atoms with Crippen molar-refractivity contribution in [3.05, 3.63) is 35.4 Å². The predicted molar refractivity (Wildman–Crippen MR) is 101 cm³/mol. The third-order valence-electron chi connectivity index (χ3n) is 4.88. The minimum atomic E-state index is -0.341. The Morgan fingerprint density at radius 2 is 1.39 bits per heavy atom. The highest BCUT2D eigenvalue weighted by molar-refractivity contribution is 5.26. The quantitative estimate of drug-likeness (QED) is 0.548. The number of nitrogens with zero attached hydrogens (tertiary/aromatic N) is 1. The van der Waals surface area contributed by atoms with E-state index in [-0.39, 0.29) is 6.10 Å². The Labute approximate surface area is 143 Å². The van der Waals surface area contributed by atoms with Crippen molar-refractivity contribution < 1.29 is 5.11 Å². The monoisotopic (exact) mass is 319 g/mol. The smallest absolute Gasteiger partial charge is 0.0802 e. The van der Waals surface area contributed by atoms with Crippen molar-refractivity contribution in [2.24, 2.45) is 0 Å². The molecule has 1 aromatic carbocycles. The van der Waals surface area contributed by atoms with Crippen LogP contribution in [0.1, 0.15) is 89.4 Å². The maximum atomic E-state index is 10.5. The lowest BCUT2D eigenvalue weighted by atomic mass is 9.96. The van der Waals surface area contributed by atoms with Crippen LogP contribution in [-0.4, -0.2) is 29.6 Å². The second-order valence-corrected chi connectivity index (χ2v) is 6.83. The Kier molecular flexibility index (Phi) is 10.2. The summed E-state index contributed by atoms with van der Waals surface area (Å²) in [6.07, 6.45) is 6.63. The molecule has 2 unspecified atom stereocenters. The van der Waals surface area contributed by atoms with E-state index < -0.39 is 0 Å². The molecule has 2 atom stereocenters. The predicted octanol–water partition coefficient (Wildman–Crippen LogP) is 5.53. The van der Waals surface area contributed by atoms with Crippen molar-refractivity contribution in [2.75, 3.05) is 19.6 Å². The summed E-state index contributed by atoms with van der Waals surface area (Å²) >= 11 is 0. The Hall–Kier alpha value is -0.860. The summed E-state index contributed by atoms with van der Waals surface area (Å²) in [5, 5.41) is 10.5. The van der Waals surface area contributed by atoms with Crippen LogP contribution < -0.4 is 0 Å². The molecule has 0 spiro atoms. The van der Waals surface area contributed by atoms with E-state index in [9.17, 15) is 5.11 Å². The largest absolute Gasteiger partial charge is 0.388 e. The summed E-state index contributed by atoms with van der Waals surface area (Å²) in [7, 11) is 0. The van der Waals surface area contributed by atoms with E-state index in [1.165, 1.54) is 31.2 Å². The molecule has 0 aromatic heterocycles. The van der Waals surface area contributed by atoms with Gasteiger partial charge in [0, 0.05) is 6.54 Å². The zero-order valence-electron chi connectivity index (χ0n) is 15.7. The number of benzene rings is 1. The summed E-state index contributed by atoms with van der Waals surface area (Å²) < 4.78 is 0. The normalized spacial score (nSPS) is 14.2. The third kappa shape index (κ3) is 7.50. The number of unbranched alkanes of at least 4 members (excludes halogenated alkanes) is 2. The van der Waals surface area contributed by atoms with Crippen LogP contribution in [0.4, 0.5) is 0 Å². The van der Waals surface area contributed by atoms with Gasteiger partial charge in [-0.25, -0.2) is 0 Å². The van der Waals surface area contributed by atoms with E-state index in [0.717, 1.165) is 38.0 Å². The molecule has 0 amide bonds. The standard InChI is InChI=1S/C21H37NO/c1-5-8-15-22(16-9-6-2)17-14-21(23)20-12-10-19(11-13-20)18(4)7-3/h10-13,18,21,23H,5-9,14-17H2,1-4H3. The summed E-state index contributed by atoms with van der Waals surface area (Å²) in [6, 6.07) is 8.57.